The molecule has 1 heterocycles. The highest BCUT2D eigenvalue weighted by molar-refractivity contribution is 9.10. The third-order valence-corrected chi connectivity index (χ3v) is 3.88. The van der Waals surface area contributed by atoms with E-state index in [2.05, 4.69) is 21.2 Å². The number of hydrogen-bond acceptors (Lipinski definition) is 2. The molecule has 0 bridgehead atoms. The summed E-state index contributed by atoms with van der Waals surface area (Å²) in [4.78, 5) is 0. The fourth-order valence-electron chi connectivity index (χ4n) is 2.58. The zero-order valence-corrected chi connectivity index (χ0v) is 9.59. The van der Waals surface area contributed by atoms with Gasteiger partial charge < -0.3 is 9.73 Å². The maximum Gasteiger partial charge on any atom is 0.169 e. The lowest BCUT2D eigenvalue weighted by Gasteiger charge is -2.12. The van der Waals surface area contributed by atoms with Gasteiger partial charge in [0.2, 0.25) is 0 Å². The van der Waals surface area contributed by atoms with Crippen LogP contribution in [0.1, 0.15) is 24.8 Å². The van der Waals surface area contributed by atoms with Gasteiger partial charge >= 0.3 is 0 Å². The Bertz CT molecular complexity index is 326. The van der Waals surface area contributed by atoms with Crippen LogP contribution in [0, 0.1) is 11.8 Å². The van der Waals surface area contributed by atoms with Crippen molar-refractivity contribution in [2.24, 2.45) is 11.8 Å². The summed E-state index contributed by atoms with van der Waals surface area (Å²) in [6, 6.07) is 2.79. The normalized spacial score (nSPS) is 34.5. The molecule has 2 saturated carbocycles. The van der Waals surface area contributed by atoms with Gasteiger partial charge in [0, 0.05) is 18.2 Å². The average Bonchev–Trinajstić information content (AvgIpc) is 2.63. The summed E-state index contributed by atoms with van der Waals surface area (Å²) < 4.78 is 6.01. The van der Waals surface area contributed by atoms with Crippen LogP contribution in [0.2, 0.25) is 0 Å². The first-order valence-corrected chi connectivity index (χ1v) is 6.07. The minimum atomic E-state index is 0.757. The van der Waals surface area contributed by atoms with Crippen LogP contribution < -0.4 is 5.32 Å². The van der Waals surface area contributed by atoms with Gasteiger partial charge in [0.1, 0.15) is 0 Å². The van der Waals surface area contributed by atoms with E-state index in [1.165, 1.54) is 24.8 Å². The van der Waals surface area contributed by atoms with E-state index in [4.69, 9.17) is 4.42 Å². The van der Waals surface area contributed by atoms with E-state index in [0.717, 1.165) is 29.1 Å². The van der Waals surface area contributed by atoms with Crippen LogP contribution in [0.3, 0.4) is 0 Å². The van der Waals surface area contributed by atoms with Crippen LogP contribution in [0.15, 0.2) is 21.4 Å². The smallest absolute Gasteiger partial charge is 0.169 e. The molecule has 0 spiro atoms. The fraction of sp³-hybridized carbons (Fsp3) is 0.636. The van der Waals surface area contributed by atoms with Crippen molar-refractivity contribution < 1.29 is 4.42 Å². The predicted molar refractivity (Wildman–Crippen MR) is 57.9 cm³/mol. The largest absolute Gasteiger partial charge is 0.457 e. The van der Waals surface area contributed by atoms with Gasteiger partial charge in [0.15, 0.2) is 4.67 Å². The first kappa shape index (κ1) is 8.98. The first-order valence-electron chi connectivity index (χ1n) is 5.27. The molecule has 1 N–H and O–H groups in total. The van der Waals surface area contributed by atoms with Crippen molar-refractivity contribution in [3.63, 3.8) is 0 Å². The van der Waals surface area contributed by atoms with Crippen molar-refractivity contribution in [1.29, 1.82) is 0 Å². The van der Waals surface area contributed by atoms with Gasteiger partial charge in [-0.25, -0.2) is 0 Å². The Kier molecular flexibility index (Phi) is 2.17. The first-order chi connectivity index (χ1) is 6.81. The van der Waals surface area contributed by atoms with Crippen molar-refractivity contribution in [3.8, 4) is 0 Å². The summed E-state index contributed by atoms with van der Waals surface area (Å²) >= 11 is 3.31. The molecule has 0 aliphatic heterocycles. The van der Waals surface area contributed by atoms with E-state index in [1.54, 1.807) is 0 Å². The van der Waals surface area contributed by atoms with Gasteiger partial charge in [-0.1, -0.05) is 0 Å². The van der Waals surface area contributed by atoms with Crippen LogP contribution in [-0.2, 0) is 6.54 Å². The van der Waals surface area contributed by atoms with Crippen LogP contribution in [-0.4, -0.2) is 6.04 Å². The Morgan fingerprint density at radius 3 is 2.79 bits per heavy atom. The molecule has 1 aromatic heterocycles. The van der Waals surface area contributed by atoms with Crippen molar-refractivity contribution in [2.75, 3.05) is 0 Å². The van der Waals surface area contributed by atoms with E-state index in [1.807, 2.05) is 12.3 Å². The summed E-state index contributed by atoms with van der Waals surface area (Å²) in [5, 5.41) is 3.59. The standard InChI is InChI=1S/C11H14BrNO/c12-11-1-7(6-14-11)5-13-10-3-8-2-9(8)4-10/h1,6,8-10,13H,2-5H2. The SMILES string of the molecule is Brc1cc(CNC2CC3CC3C2)co1. The second kappa shape index (κ2) is 3.38. The van der Waals surface area contributed by atoms with Crippen molar-refractivity contribution >= 4 is 15.9 Å². The monoisotopic (exact) mass is 255 g/mol. The Morgan fingerprint density at radius 2 is 2.14 bits per heavy atom. The summed E-state index contributed by atoms with van der Waals surface area (Å²) in [7, 11) is 0. The highest BCUT2D eigenvalue weighted by Gasteiger charge is 2.45. The summed E-state index contributed by atoms with van der Waals surface area (Å²) in [5.74, 6) is 2.12. The van der Waals surface area contributed by atoms with Crippen LogP contribution in [0.5, 0.6) is 0 Å². The molecular formula is C11H14BrNO. The molecular weight excluding hydrogens is 242 g/mol. The molecule has 0 radical (unpaired) electrons. The second-order valence-electron chi connectivity index (χ2n) is 4.56. The molecule has 2 nitrogen and oxygen atoms in total. The number of halogens is 1. The van der Waals surface area contributed by atoms with E-state index in [9.17, 15) is 0 Å². The van der Waals surface area contributed by atoms with Gasteiger partial charge in [0.05, 0.1) is 6.26 Å². The van der Waals surface area contributed by atoms with Crippen LogP contribution in [0.25, 0.3) is 0 Å². The molecule has 0 saturated heterocycles. The molecule has 76 valence electrons. The topological polar surface area (TPSA) is 25.2 Å². The quantitative estimate of drug-likeness (QED) is 0.899. The molecule has 0 amide bonds. The summed E-state index contributed by atoms with van der Waals surface area (Å²) in [5.41, 5.74) is 1.23. The Labute approximate surface area is 92.2 Å². The number of rotatable bonds is 3. The van der Waals surface area contributed by atoms with Gasteiger partial charge in [-0.3, -0.25) is 0 Å². The Balaban J connectivity index is 1.50. The van der Waals surface area contributed by atoms with Crippen molar-refractivity contribution in [1.82, 2.24) is 5.32 Å². The maximum absolute atomic E-state index is 5.19. The number of fused-ring (bicyclic) bond motifs is 1. The lowest BCUT2D eigenvalue weighted by Crippen LogP contribution is -2.26. The summed E-state index contributed by atoms with van der Waals surface area (Å²) in [6.07, 6.45) is 6.09. The molecule has 2 unspecified atom stereocenters. The van der Waals surface area contributed by atoms with Crippen molar-refractivity contribution in [2.45, 2.75) is 31.8 Å². The van der Waals surface area contributed by atoms with E-state index in [-0.39, 0.29) is 0 Å². The average molecular weight is 256 g/mol. The molecule has 0 aromatic carbocycles. The molecule has 2 aliphatic carbocycles. The predicted octanol–water partition coefficient (Wildman–Crippen LogP) is 2.93. The van der Waals surface area contributed by atoms with E-state index in [0.29, 0.717) is 0 Å². The fourth-order valence-corrected chi connectivity index (χ4v) is 2.97. The van der Waals surface area contributed by atoms with E-state index < -0.39 is 0 Å². The van der Waals surface area contributed by atoms with Crippen LogP contribution >= 0.6 is 15.9 Å². The summed E-state index contributed by atoms with van der Waals surface area (Å²) in [6.45, 7) is 0.944. The zero-order valence-electron chi connectivity index (χ0n) is 8.00. The molecule has 2 atom stereocenters. The zero-order chi connectivity index (χ0) is 9.54. The molecule has 2 aliphatic rings. The Hall–Kier alpha value is -0.280. The Morgan fingerprint density at radius 1 is 1.36 bits per heavy atom. The number of furan rings is 1. The lowest BCUT2D eigenvalue weighted by atomic mass is 10.1. The minimum Gasteiger partial charge on any atom is -0.457 e. The highest BCUT2D eigenvalue weighted by Crippen LogP contribution is 2.51. The van der Waals surface area contributed by atoms with Gasteiger partial charge in [0.25, 0.3) is 0 Å². The van der Waals surface area contributed by atoms with Crippen molar-refractivity contribution in [3.05, 3.63) is 22.6 Å². The number of nitrogens with one attached hydrogen (secondary N) is 1. The molecule has 3 heteroatoms. The maximum atomic E-state index is 5.19. The third kappa shape index (κ3) is 1.75. The minimum absolute atomic E-state index is 0.757. The third-order valence-electron chi connectivity index (χ3n) is 3.46. The van der Waals surface area contributed by atoms with Crippen LogP contribution in [0.4, 0.5) is 0 Å². The second-order valence-corrected chi connectivity index (χ2v) is 5.35. The van der Waals surface area contributed by atoms with Gasteiger partial charge in [-0.2, -0.15) is 0 Å². The molecule has 2 fully saturated rings. The van der Waals surface area contributed by atoms with Gasteiger partial charge in [-0.05, 0) is 53.1 Å². The van der Waals surface area contributed by atoms with Gasteiger partial charge in [-0.15, -0.1) is 0 Å². The molecule has 3 rings (SSSR count). The molecule has 1 aromatic rings. The lowest BCUT2D eigenvalue weighted by molar-refractivity contribution is 0.476. The highest BCUT2D eigenvalue weighted by atomic mass is 79.9. The number of hydrogen-bond donors (Lipinski definition) is 1. The van der Waals surface area contributed by atoms with E-state index >= 15 is 0 Å². The molecule has 14 heavy (non-hydrogen) atoms.